The van der Waals surface area contributed by atoms with Crippen LogP contribution in [0.15, 0.2) is 0 Å². The summed E-state index contributed by atoms with van der Waals surface area (Å²) in [6.45, 7) is -2.48. The third-order valence-corrected chi connectivity index (χ3v) is 1.90. The molecule has 0 saturated carbocycles. The van der Waals surface area contributed by atoms with E-state index in [4.69, 9.17) is 14.8 Å². The Bertz CT molecular complexity index is 207. The fourth-order valence-electron chi connectivity index (χ4n) is 0.466. The van der Waals surface area contributed by atoms with E-state index in [0.717, 1.165) is 0 Å². The van der Waals surface area contributed by atoms with E-state index in [2.05, 4.69) is 0 Å². The molecule has 0 aliphatic heterocycles. The SMILES string of the molecule is O=S(=O)(O)CC(O)(CO)CF. The predicted molar refractivity (Wildman–Crippen MR) is 34.4 cm³/mol. The van der Waals surface area contributed by atoms with E-state index in [0.29, 0.717) is 0 Å². The van der Waals surface area contributed by atoms with Crippen molar-refractivity contribution in [2.75, 3.05) is 19.0 Å². The number of rotatable bonds is 4. The minimum absolute atomic E-state index is 1.05. The lowest BCUT2D eigenvalue weighted by molar-refractivity contribution is -0.0150. The average Bonchev–Trinajstić information content (AvgIpc) is 1.84. The van der Waals surface area contributed by atoms with Gasteiger partial charge in [-0.15, -0.1) is 0 Å². The molecule has 0 heterocycles. The predicted octanol–water partition coefficient (Wildman–Crippen LogP) is -1.43. The molecule has 1 atom stereocenters. The van der Waals surface area contributed by atoms with E-state index in [-0.39, 0.29) is 0 Å². The molecule has 0 rings (SSSR count). The number of hydrogen-bond donors (Lipinski definition) is 3. The van der Waals surface area contributed by atoms with E-state index in [9.17, 15) is 12.8 Å². The Hall–Kier alpha value is -0.240. The quantitative estimate of drug-likeness (QED) is 0.470. The van der Waals surface area contributed by atoms with E-state index in [1.165, 1.54) is 0 Å². The molecule has 0 aliphatic carbocycles. The van der Waals surface area contributed by atoms with E-state index in [1.807, 2.05) is 0 Å². The van der Waals surface area contributed by atoms with Gasteiger partial charge in [0.2, 0.25) is 0 Å². The maximum absolute atomic E-state index is 11.8. The zero-order chi connectivity index (χ0) is 9.12. The molecule has 0 aromatic heterocycles. The fourth-order valence-corrected chi connectivity index (χ4v) is 1.31. The molecule has 0 saturated heterocycles. The molecular formula is C4H9FO5S. The number of halogens is 1. The van der Waals surface area contributed by atoms with Crippen molar-refractivity contribution in [1.29, 1.82) is 0 Å². The van der Waals surface area contributed by atoms with E-state index >= 15 is 0 Å². The third kappa shape index (κ3) is 4.25. The van der Waals surface area contributed by atoms with Crippen molar-refractivity contribution in [2.45, 2.75) is 5.60 Å². The van der Waals surface area contributed by atoms with Gasteiger partial charge in [-0.2, -0.15) is 8.42 Å². The van der Waals surface area contributed by atoms with Crippen molar-refractivity contribution in [1.82, 2.24) is 0 Å². The van der Waals surface area contributed by atoms with Gasteiger partial charge >= 0.3 is 0 Å². The van der Waals surface area contributed by atoms with Crippen LogP contribution in [0.4, 0.5) is 4.39 Å². The van der Waals surface area contributed by atoms with Crippen molar-refractivity contribution < 1.29 is 27.6 Å². The molecule has 0 aromatic rings. The standard InChI is InChI=1S/C4H9FO5S/c5-1-4(7,2-6)3-11(8,9)10/h6-7H,1-3H2,(H,8,9,10). The maximum atomic E-state index is 11.8. The molecule has 0 bridgehead atoms. The summed E-state index contributed by atoms with van der Waals surface area (Å²) in [6.07, 6.45) is 0. The lowest BCUT2D eigenvalue weighted by atomic mass is 10.1. The zero-order valence-corrected chi connectivity index (χ0v) is 6.38. The molecule has 0 spiro atoms. The highest BCUT2D eigenvalue weighted by Crippen LogP contribution is 2.07. The highest BCUT2D eigenvalue weighted by atomic mass is 32.2. The van der Waals surface area contributed by atoms with Crippen LogP contribution in [0.2, 0.25) is 0 Å². The molecule has 0 fully saturated rings. The van der Waals surface area contributed by atoms with Gasteiger partial charge in [0.15, 0.2) is 0 Å². The second-order valence-electron chi connectivity index (χ2n) is 2.24. The van der Waals surface area contributed by atoms with Crippen LogP contribution in [0.5, 0.6) is 0 Å². The van der Waals surface area contributed by atoms with Crippen LogP contribution in [-0.2, 0) is 10.1 Å². The Morgan fingerprint density at radius 3 is 2.00 bits per heavy atom. The van der Waals surface area contributed by atoms with Crippen LogP contribution in [0.3, 0.4) is 0 Å². The van der Waals surface area contributed by atoms with Crippen molar-refractivity contribution in [3.8, 4) is 0 Å². The Morgan fingerprint density at radius 1 is 1.45 bits per heavy atom. The number of alkyl halides is 1. The van der Waals surface area contributed by atoms with Gasteiger partial charge in [-0.1, -0.05) is 0 Å². The van der Waals surface area contributed by atoms with Crippen molar-refractivity contribution in [2.24, 2.45) is 0 Å². The monoisotopic (exact) mass is 188 g/mol. The molecule has 68 valence electrons. The first-order valence-electron chi connectivity index (χ1n) is 2.67. The van der Waals surface area contributed by atoms with Gasteiger partial charge < -0.3 is 10.2 Å². The molecule has 7 heteroatoms. The van der Waals surface area contributed by atoms with Crippen LogP contribution in [0.25, 0.3) is 0 Å². The summed E-state index contributed by atoms with van der Waals surface area (Å²) in [4.78, 5) is 0. The van der Waals surface area contributed by atoms with Gasteiger partial charge in [0.05, 0.1) is 6.61 Å². The van der Waals surface area contributed by atoms with Crippen molar-refractivity contribution in [3.63, 3.8) is 0 Å². The largest absolute Gasteiger partial charge is 0.393 e. The Labute approximate surface area is 63.2 Å². The molecular weight excluding hydrogens is 179 g/mol. The van der Waals surface area contributed by atoms with Gasteiger partial charge in [-0.25, -0.2) is 4.39 Å². The van der Waals surface area contributed by atoms with Crippen LogP contribution in [0.1, 0.15) is 0 Å². The van der Waals surface area contributed by atoms with Gasteiger partial charge in [0.1, 0.15) is 18.0 Å². The van der Waals surface area contributed by atoms with Crippen LogP contribution < -0.4 is 0 Å². The highest BCUT2D eigenvalue weighted by Gasteiger charge is 2.31. The van der Waals surface area contributed by atoms with Crippen molar-refractivity contribution in [3.05, 3.63) is 0 Å². The van der Waals surface area contributed by atoms with Gasteiger partial charge in [-0.05, 0) is 0 Å². The number of aliphatic hydroxyl groups is 2. The zero-order valence-electron chi connectivity index (χ0n) is 5.57. The third-order valence-electron chi connectivity index (χ3n) is 0.994. The summed E-state index contributed by atoms with van der Waals surface area (Å²) in [5.41, 5.74) is -2.38. The Morgan fingerprint density at radius 2 is 1.91 bits per heavy atom. The van der Waals surface area contributed by atoms with Gasteiger partial charge in [0, 0.05) is 0 Å². The minimum Gasteiger partial charge on any atom is -0.393 e. The lowest BCUT2D eigenvalue weighted by Crippen LogP contribution is -2.42. The summed E-state index contributed by atoms with van der Waals surface area (Å²) in [6, 6.07) is 0. The highest BCUT2D eigenvalue weighted by molar-refractivity contribution is 7.85. The van der Waals surface area contributed by atoms with E-state index in [1.54, 1.807) is 0 Å². The molecule has 0 aromatic carbocycles. The fraction of sp³-hybridized carbons (Fsp3) is 1.00. The first kappa shape index (κ1) is 10.8. The van der Waals surface area contributed by atoms with Gasteiger partial charge in [0.25, 0.3) is 10.1 Å². The summed E-state index contributed by atoms with van der Waals surface area (Å²) in [5, 5.41) is 17.1. The molecule has 5 nitrogen and oxygen atoms in total. The Balaban J connectivity index is 4.32. The summed E-state index contributed by atoms with van der Waals surface area (Å²) in [5.74, 6) is -1.20. The average molecular weight is 188 g/mol. The maximum Gasteiger partial charge on any atom is 0.267 e. The molecule has 3 N–H and O–H groups in total. The summed E-state index contributed by atoms with van der Waals surface area (Å²) >= 11 is 0. The van der Waals surface area contributed by atoms with Crippen LogP contribution >= 0.6 is 0 Å². The molecule has 1 unspecified atom stereocenters. The summed E-state index contributed by atoms with van der Waals surface area (Å²) in [7, 11) is -4.46. The molecule has 0 radical (unpaired) electrons. The second kappa shape index (κ2) is 3.44. The van der Waals surface area contributed by atoms with Crippen molar-refractivity contribution >= 4 is 10.1 Å². The second-order valence-corrected chi connectivity index (χ2v) is 3.69. The molecule has 11 heavy (non-hydrogen) atoms. The first-order chi connectivity index (χ1) is 4.83. The normalized spacial score (nSPS) is 17.8. The number of hydrogen-bond acceptors (Lipinski definition) is 4. The topological polar surface area (TPSA) is 94.8 Å². The minimum atomic E-state index is -4.46. The van der Waals surface area contributed by atoms with E-state index < -0.39 is 34.8 Å². The molecule has 0 amide bonds. The lowest BCUT2D eigenvalue weighted by Gasteiger charge is -2.19. The molecule has 0 aliphatic rings. The number of aliphatic hydroxyl groups excluding tert-OH is 1. The Kier molecular flexibility index (Phi) is 3.36. The first-order valence-corrected chi connectivity index (χ1v) is 4.28. The van der Waals surface area contributed by atoms with Crippen LogP contribution in [-0.4, -0.2) is 47.8 Å². The smallest absolute Gasteiger partial charge is 0.267 e. The van der Waals surface area contributed by atoms with Crippen LogP contribution in [0, 0.1) is 0 Å². The summed E-state index contributed by atoms with van der Waals surface area (Å²) < 4.78 is 40.1. The van der Waals surface area contributed by atoms with Gasteiger partial charge in [-0.3, -0.25) is 4.55 Å².